The molecule has 3 aromatic rings. The van der Waals surface area contributed by atoms with Crippen LogP contribution < -0.4 is 15.0 Å². The van der Waals surface area contributed by atoms with Crippen LogP contribution in [0.5, 0.6) is 5.75 Å². The first-order chi connectivity index (χ1) is 17.0. The van der Waals surface area contributed by atoms with E-state index in [0.29, 0.717) is 43.1 Å². The summed E-state index contributed by atoms with van der Waals surface area (Å²) < 4.78 is 13.3. The Hall–Kier alpha value is -3.82. The van der Waals surface area contributed by atoms with E-state index in [0.717, 1.165) is 23.4 Å². The van der Waals surface area contributed by atoms with Crippen LogP contribution >= 0.6 is 0 Å². The molecule has 4 heterocycles. The average Bonchev–Trinajstić information content (AvgIpc) is 3.36. The number of fused-ring (bicyclic) bond motifs is 2. The van der Waals surface area contributed by atoms with E-state index in [9.17, 15) is 9.59 Å². The smallest absolute Gasteiger partial charge is 0.410 e. The van der Waals surface area contributed by atoms with Crippen LogP contribution in [0.2, 0.25) is 0 Å². The molecular formula is C26H32N6O4. The quantitative estimate of drug-likeness (QED) is 0.594. The van der Waals surface area contributed by atoms with Crippen molar-refractivity contribution in [2.75, 3.05) is 36.4 Å². The van der Waals surface area contributed by atoms with Gasteiger partial charge in [-0.05, 0) is 46.8 Å². The Labute approximate surface area is 210 Å². The van der Waals surface area contributed by atoms with Gasteiger partial charge < -0.3 is 24.6 Å². The summed E-state index contributed by atoms with van der Waals surface area (Å²) >= 11 is 0. The van der Waals surface area contributed by atoms with Crippen LogP contribution in [-0.2, 0) is 11.2 Å². The predicted octanol–water partition coefficient (Wildman–Crippen LogP) is 3.75. The highest BCUT2D eigenvalue weighted by Crippen LogP contribution is 2.42. The zero-order valence-electron chi connectivity index (χ0n) is 21.4. The summed E-state index contributed by atoms with van der Waals surface area (Å²) in [6.07, 6.45) is 5.35. The fourth-order valence-electron chi connectivity index (χ4n) is 4.63. The molecule has 2 aliphatic rings. The lowest BCUT2D eigenvalue weighted by atomic mass is 10.0. The molecule has 5 rings (SSSR count). The molecule has 36 heavy (non-hydrogen) atoms. The maximum absolute atomic E-state index is 13.3. The molecule has 1 aromatic carbocycles. The lowest BCUT2D eigenvalue weighted by Crippen LogP contribution is -2.50. The Kier molecular flexibility index (Phi) is 5.77. The van der Waals surface area contributed by atoms with Crippen LogP contribution in [0.4, 0.5) is 16.2 Å². The summed E-state index contributed by atoms with van der Waals surface area (Å²) in [5.74, 6) is 0.538. The van der Waals surface area contributed by atoms with Gasteiger partial charge in [-0.3, -0.25) is 4.79 Å². The molecule has 10 nitrogen and oxygen atoms in total. The third-order valence-corrected chi connectivity index (χ3v) is 6.23. The summed E-state index contributed by atoms with van der Waals surface area (Å²) in [5.41, 5.74) is 2.63. The first kappa shape index (κ1) is 23.9. The number of aromatic nitrogens is 3. The second-order valence-electron chi connectivity index (χ2n) is 10.9. The van der Waals surface area contributed by atoms with Crippen LogP contribution in [0.3, 0.4) is 0 Å². The number of nitrogens with zero attached hydrogens (tertiary/aromatic N) is 5. The summed E-state index contributed by atoms with van der Waals surface area (Å²) in [7, 11) is 0. The predicted molar refractivity (Wildman–Crippen MR) is 136 cm³/mol. The number of rotatable bonds is 3. The van der Waals surface area contributed by atoms with Crippen molar-refractivity contribution in [2.24, 2.45) is 0 Å². The number of anilines is 2. The number of carbonyl (C=O) groups is 2. The highest BCUT2D eigenvalue weighted by Gasteiger charge is 2.33. The SMILES string of the molecule is CC(C)(C)OC(=O)N1CCN(c2cc3c(cc2NC(=O)c2cnn4cccnc24)CC(C)(C)O3)CC1. The average molecular weight is 493 g/mol. The number of ether oxygens (including phenoxy) is 2. The lowest BCUT2D eigenvalue weighted by Gasteiger charge is -2.37. The van der Waals surface area contributed by atoms with Gasteiger partial charge >= 0.3 is 6.09 Å². The van der Waals surface area contributed by atoms with Gasteiger partial charge in [0.2, 0.25) is 0 Å². The van der Waals surface area contributed by atoms with E-state index in [-0.39, 0.29) is 17.6 Å². The largest absolute Gasteiger partial charge is 0.487 e. The molecule has 0 atom stereocenters. The van der Waals surface area contributed by atoms with E-state index in [1.807, 2.05) is 32.9 Å². The second kappa shape index (κ2) is 8.69. The zero-order valence-corrected chi connectivity index (χ0v) is 21.4. The molecule has 1 saturated heterocycles. The normalized spacial score (nSPS) is 17.0. The van der Waals surface area contributed by atoms with Crippen molar-refractivity contribution in [2.45, 2.75) is 52.2 Å². The van der Waals surface area contributed by atoms with Gasteiger partial charge in [-0.1, -0.05) is 0 Å². The maximum Gasteiger partial charge on any atom is 0.410 e. The molecule has 0 spiro atoms. The number of hydrogen-bond donors (Lipinski definition) is 1. The molecule has 2 amide bonds. The van der Waals surface area contributed by atoms with Crippen molar-refractivity contribution in [3.8, 4) is 5.75 Å². The van der Waals surface area contributed by atoms with E-state index in [2.05, 4.69) is 34.1 Å². The Morgan fingerprint density at radius 1 is 1.14 bits per heavy atom. The standard InChI is InChI=1S/C26H32N6O4/c1-25(2,3)36-24(34)31-11-9-30(10-12-31)20-14-21-17(15-26(4,5)35-21)13-19(20)29-23(33)18-16-28-32-8-6-7-27-22(18)32/h6-8,13-14,16H,9-12,15H2,1-5H3,(H,29,33). The number of benzene rings is 1. The molecule has 190 valence electrons. The van der Waals surface area contributed by atoms with Crippen LogP contribution in [-0.4, -0.2) is 68.9 Å². The third-order valence-electron chi connectivity index (χ3n) is 6.23. The topological polar surface area (TPSA) is 101 Å². The monoisotopic (exact) mass is 492 g/mol. The van der Waals surface area contributed by atoms with Gasteiger partial charge in [-0.15, -0.1) is 0 Å². The number of nitrogens with one attached hydrogen (secondary N) is 1. The summed E-state index contributed by atoms with van der Waals surface area (Å²) in [5, 5.41) is 7.32. The highest BCUT2D eigenvalue weighted by molar-refractivity contribution is 6.09. The molecule has 1 fully saturated rings. The Morgan fingerprint density at radius 3 is 2.61 bits per heavy atom. The van der Waals surface area contributed by atoms with Crippen molar-refractivity contribution < 1.29 is 19.1 Å². The van der Waals surface area contributed by atoms with Gasteiger partial charge in [-0.2, -0.15) is 5.10 Å². The molecule has 2 aliphatic heterocycles. The fourth-order valence-corrected chi connectivity index (χ4v) is 4.63. The van der Waals surface area contributed by atoms with Gasteiger partial charge in [0.25, 0.3) is 5.91 Å². The number of piperazine rings is 1. The van der Waals surface area contributed by atoms with Crippen molar-refractivity contribution >= 4 is 29.0 Å². The first-order valence-electron chi connectivity index (χ1n) is 12.2. The molecule has 0 bridgehead atoms. The molecule has 0 aliphatic carbocycles. The number of carbonyl (C=O) groups excluding carboxylic acids is 2. The summed E-state index contributed by atoms with van der Waals surface area (Å²) in [6, 6.07) is 5.76. The van der Waals surface area contributed by atoms with Crippen molar-refractivity contribution in [3.63, 3.8) is 0 Å². The van der Waals surface area contributed by atoms with Gasteiger partial charge in [0.15, 0.2) is 5.65 Å². The third kappa shape index (κ3) is 4.80. The number of hydrogen-bond acceptors (Lipinski definition) is 7. The molecular weight excluding hydrogens is 460 g/mol. The van der Waals surface area contributed by atoms with E-state index in [1.54, 1.807) is 27.9 Å². The Bertz CT molecular complexity index is 1320. The second-order valence-corrected chi connectivity index (χ2v) is 10.9. The fraction of sp³-hybridized carbons (Fsp3) is 0.462. The molecule has 0 radical (unpaired) electrons. The van der Waals surface area contributed by atoms with Crippen LogP contribution in [0, 0.1) is 0 Å². The van der Waals surface area contributed by atoms with Crippen LogP contribution in [0.15, 0.2) is 36.8 Å². The number of amides is 2. The van der Waals surface area contributed by atoms with Gasteiger partial charge in [0, 0.05) is 56.6 Å². The molecule has 0 unspecified atom stereocenters. The van der Waals surface area contributed by atoms with Crippen LogP contribution in [0.25, 0.3) is 5.65 Å². The van der Waals surface area contributed by atoms with Crippen molar-refractivity contribution in [1.82, 2.24) is 19.5 Å². The van der Waals surface area contributed by atoms with Gasteiger partial charge in [0.05, 0.1) is 17.6 Å². The molecule has 2 aromatic heterocycles. The molecule has 1 N–H and O–H groups in total. The minimum atomic E-state index is -0.539. The molecule has 10 heteroatoms. The molecule has 0 saturated carbocycles. The summed E-state index contributed by atoms with van der Waals surface area (Å²) in [4.78, 5) is 34.0. The lowest BCUT2D eigenvalue weighted by molar-refractivity contribution is 0.0240. The van der Waals surface area contributed by atoms with E-state index < -0.39 is 5.60 Å². The van der Waals surface area contributed by atoms with Gasteiger partial charge in [-0.25, -0.2) is 14.3 Å². The minimum absolute atomic E-state index is 0.282. The maximum atomic E-state index is 13.3. The Morgan fingerprint density at radius 2 is 1.89 bits per heavy atom. The summed E-state index contributed by atoms with van der Waals surface area (Å²) in [6.45, 7) is 11.9. The van der Waals surface area contributed by atoms with E-state index in [4.69, 9.17) is 9.47 Å². The van der Waals surface area contributed by atoms with Crippen LogP contribution in [0.1, 0.15) is 50.5 Å². The minimum Gasteiger partial charge on any atom is -0.487 e. The van der Waals surface area contributed by atoms with Gasteiger partial charge in [0.1, 0.15) is 22.5 Å². The van der Waals surface area contributed by atoms with E-state index in [1.165, 1.54) is 6.20 Å². The van der Waals surface area contributed by atoms with Crippen molar-refractivity contribution in [3.05, 3.63) is 47.9 Å². The van der Waals surface area contributed by atoms with Crippen molar-refractivity contribution in [1.29, 1.82) is 0 Å². The van der Waals surface area contributed by atoms with E-state index >= 15 is 0 Å². The zero-order chi connectivity index (χ0) is 25.7. The first-order valence-corrected chi connectivity index (χ1v) is 12.2. The Balaban J connectivity index is 1.40. The highest BCUT2D eigenvalue weighted by atomic mass is 16.6.